The smallest absolute Gasteiger partial charge is 0.231 e. The molecule has 1 saturated heterocycles. The van der Waals surface area contributed by atoms with Crippen molar-refractivity contribution in [1.29, 1.82) is 0 Å². The van der Waals surface area contributed by atoms with Crippen LogP contribution in [0.4, 0.5) is 5.69 Å². The van der Waals surface area contributed by atoms with Gasteiger partial charge < -0.3 is 10.6 Å². The summed E-state index contributed by atoms with van der Waals surface area (Å²) in [7, 11) is 2.02. The van der Waals surface area contributed by atoms with Crippen molar-refractivity contribution in [3.8, 4) is 0 Å². The quantitative estimate of drug-likeness (QED) is 0.747. The van der Waals surface area contributed by atoms with Crippen molar-refractivity contribution in [2.75, 3.05) is 32.0 Å². The Balaban J connectivity index is 1.43. The van der Waals surface area contributed by atoms with Gasteiger partial charge in [-0.3, -0.25) is 9.69 Å². The zero-order valence-electron chi connectivity index (χ0n) is 15.4. The summed E-state index contributed by atoms with van der Waals surface area (Å²) in [4.78, 5) is 19.3. The van der Waals surface area contributed by atoms with Crippen LogP contribution in [0.1, 0.15) is 30.0 Å². The van der Waals surface area contributed by atoms with E-state index in [1.165, 1.54) is 19.3 Å². The minimum atomic E-state index is -0.0116. The number of hydrogen-bond acceptors (Lipinski definition) is 5. The maximum atomic E-state index is 12.1. The van der Waals surface area contributed by atoms with Gasteiger partial charge in [-0.25, -0.2) is 4.98 Å². The minimum Gasteiger partial charge on any atom is -0.326 e. The first-order valence-corrected chi connectivity index (χ1v) is 10.3. The van der Waals surface area contributed by atoms with E-state index in [0.29, 0.717) is 6.42 Å². The van der Waals surface area contributed by atoms with E-state index < -0.39 is 0 Å². The molecule has 1 aliphatic heterocycles. The molecule has 0 atom stereocenters. The summed E-state index contributed by atoms with van der Waals surface area (Å²) in [5, 5.41) is 9.14. The van der Waals surface area contributed by atoms with Crippen molar-refractivity contribution >= 4 is 22.9 Å². The molecule has 0 aliphatic carbocycles. The minimum absolute atomic E-state index is 0.0116. The van der Waals surface area contributed by atoms with Gasteiger partial charge in [0.05, 0.1) is 12.1 Å². The van der Waals surface area contributed by atoms with Gasteiger partial charge in [-0.2, -0.15) is 0 Å². The molecule has 2 N–H and O–H groups in total. The zero-order chi connectivity index (χ0) is 18.2. The van der Waals surface area contributed by atoms with Gasteiger partial charge in [0.2, 0.25) is 5.91 Å². The number of aromatic nitrogens is 1. The van der Waals surface area contributed by atoms with Crippen LogP contribution >= 0.6 is 11.3 Å². The molecule has 1 amide bonds. The lowest BCUT2D eigenvalue weighted by molar-refractivity contribution is -0.115. The molecule has 0 unspecified atom stereocenters. The number of piperidine rings is 1. The van der Waals surface area contributed by atoms with Crippen molar-refractivity contribution in [3.05, 3.63) is 46.4 Å². The molecule has 0 bridgehead atoms. The third kappa shape index (κ3) is 5.90. The van der Waals surface area contributed by atoms with Crippen LogP contribution in [0, 0.1) is 5.92 Å². The first-order valence-electron chi connectivity index (χ1n) is 9.38. The maximum absolute atomic E-state index is 12.1. The molecule has 1 aromatic heterocycles. The van der Waals surface area contributed by atoms with Crippen LogP contribution in [0.25, 0.3) is 0 Å². The van der Waals surface area contributed by atoms with Crippen LogP contribution in [0.15, 0.2) is 35.7 Å². The largest absolute Gasteiger partial charge is 0.326 e. The number of amides is 1. The van der Waals surface area contributed by atoms with Crippen LogP contribution in [0.5, 0.6) is 0 Å². The second kappa shape index (κ2) is 9.80. The Morgan fingerprint density at radius 3 is 2.77 bits per heavy atom. The monoisotopic (exact) mass is 372 g/mol. The molecule has 1 aromatic carbocycles. The molecule has 3 rings (SSSR count). The second-order valence-electron chi connectivity index (χ2n) is 6.94. The maximum Gasteiger partial charge on any atom is 0.231 e. The summed E-state index contributed by atoms with van der Waals surface area (Å²) < 4.78 is 0. The molecule has 0 radical (unpaired) electrons. The highest BCUT2D eigenvalue weighted by molar-refractivity contribution is 7.09. The van der Waals surface area contributed by atoms with Crippen molar-refractivity contribution in [2.24, 2.45) is 5.92 Å². The van der Waals surface area contributed by atoms with Gasteiger partial charge >= 0.3 is 0 Å². The SMILES string of the molecule is CNCCC1CCN(Cc2csc(CC(=O)Nc3ccccc3)n2)CC1. The average Bonchev–Trinajstić information content (AvgIpc) is 3.08. The predicted octanol–water partition coefficient (Wildman–Crippen LogP) is 3.15. The van der Waals surface area contributed by atoms with E-state index >= 15 is 0 Å². The Bertz CT molecular complexity index is 680. The zero-order valence-corrected chi connectivity index (χ0v) is 16.2. The van der Waals surface area contributed by atoms with E-state index in [1.807, 2.05) is 37.4 Å². The number of hydrogen-bond donors (Lipinski definition) is 2. The lowest BCUT2D eigenvalue weighted by Gasteiger charge is -2.31. The van der Waals surface area contributed by atoms with Gasteiger partial charge in [-0.1, -0.05) is 18.2 Å². The van der Waals surface area contributed by atoms with Crippen LogP contribution in [-0.4, -0.2) is 42.5 Å². The summed E-state index contributed by atoms with van der Waals surface area (Å²) in [5.74, 6) is 0.842. The highest BCUT2D eigenvalue weighted by Crippen LogP contribution is 2.22. The third-order valence-electron chi connectivity index (χ3n) is 4.86. The number of likely N-dealkylation sites (tertiary alicyclic amines) is 1. The summed E-state index contributed by atoms with van der Waals surface area (Å²) >= 11 is 1.58. The fraction of sp³-hybridized carbons (Fsp3) is 0.500. The standard InChI is InChI=1S/C20H28N4OS/c1-21-10-7-16-8-11-24(12-9-16)14-18-15-26-20(23-18)13-19(25)22-17-5-3-2-4-6-17/h2-6,15-16,21H,7-14H2,1H3,(H,22,25). The molecule has 26 heavy (non-hydrogen) atoms. The molecule has 5 nitrogen and oxygen atoms in total. The summed E-state index contributed by atoms with van der Waals surface area (Å²) in [5.41, 5.74) is 1.92. The van der Waals surface area contributed by atoms with Crippen LogP contribution in [-0.2, 0) is 17.8 Å². The number of benzene rings is 1. The molecule has 2 aromatic rings. The number of thiazole rings is 1. The van der Waals surface area contributed by atoms with Gasteiger partial charge in [0.1, 0.15) is 5.01 Å². The summed E-state index contributed by atoms with van der Waals surface area (Å²) in [6.07, 6.45) is 4.17. The van der Waals surface area contributed by atoms with Gasteiger partial charge in [0.25, 0.3) is 0 Å². The topological polar surface area (TPSA) is 57.3 Å². The van der Waals surface area contributed by atoms with Crippen LogP contribution in [0.2, 0.25) is 0 Å². The predicted molar refractivity (Wildman–Crippen MR) is 107 cm³/mol. The van der Waals surface area contributed by atoms with Gasteiger partial charge in [-0.15, -0.1) is 11.3 Å². The number of nitrogens with zero attached hydrogens (tertiary/aromatic N) is 2. The first-order chi connectivity index (χ1) is 12.7. The van der Waals surface area contributed by atoms with Crippen molar-refractivity contribution in [2.45, 2.75) is 32.2 Å². The van der Waals surface area contributed by atoms with Crippen molar-refractivity contribution < 1.29 is 4.79 Å². The number of para-hydroxylation sites is 1. The fourth-order valence-corrected chi connectivity index (χ4v) is 4.16. The lowest BCUT2D eigenvalue weighted by Crippen LogP contribution is -2.34. The summed E-state index contributed by atoms with van der Waals surface area (Å²) in [6.45, 7) is 4.31. The number of rotatable bonds is 8. The fourth-order valence-electron chi connectivity index (χ4n) is 3.38. The molecule has 0 saturated carbocycles. The Morgan fingerprint density at radius 1 is 1.27 bits per heavy atom. The molecule has 0 spiro atoms. The van der Waals surface area contributed by atoms with Gasteiger partial charge in [0, 0.05) is 17.6 Å². The molecular formula is C20H28N4OS. The Morgan fingerprint density at radius 2 is 2.04 bits per heavy atom. The Kier molecular flexibility index (Phi) is 7.17. The van der Waals surface area contributed by atoms with E-state index in [0.717, 1.165) is 48.5 Å². The van der Waals surface area contributed by atoms with E-state index in [4.69, 9.17) is 0 Å². The van der Waals surface area contributed by atoms with E-state index in [9.17, 15) is 4.79 Å². The van der Waals surface area contributed by atoms with Crippen LogP contribution < -0.4 is 10.6 Å². The molecule has 1 aliphatic rings. The molecule has 140 valence electrons. The lowest BCUT2D eigenvalue weighted by atomic mass is 9.93. The second-order valence-corrected chi connectivity index (χ2v) is 7.88. The van der Waals surface area contributed by atoms with E-state index in [1.54, 1.807) is 11.3 Å². The number of carbonyl (C=O) groups is 1. The van der Waals surface area contributed by atoms with Crippen LogP contribution in [0.3, 0.4) is 0 Å². The summed E-state index contributed by atoms with van der Waals surface area (Å²) in [6, 6.07) is 9.56. The highest BCUT2D eigenvalue weighted by atomic mass is 32.1. The van der Waals surface area contributed by atoms with Crippen molar-refractivity contribution in [3.63, 3.8) is 0 Å². The first kappa shape index (κ1) is 19.0. The Hall–Kier alpha value is -1.76. The van der Waals surface area contributed by atoms with Gasteiger partial charge in [-0.05, 0) is 64.0 Å². The third-order valence-corrected chi connectivity index (χ3v) is 5.76. The molecule has 6 heteroatoms. The number of carbonyl (C=O) groups excluding carboxylic acids is 1. The highest BCUT2D eigenvalue weighted by Gasteiger charge is 2.19. The number of anilines is 1. The number of nitrogens with one attached hydrogen (secondary N) is 2. The molecule has 1 fully saturated rings. The van der Waals surface area contributed by atoms with E-state index in [-0.39, 0.29) is 5.91 Å². The Labute approximate surface area is 159 Å². The van der Waals surface area contributed by atoms with Gasteiger partial charge in [0.15, 0.2) is 0 Å². The molecular weight excluding hydrogens is 344 g/mol. The van der Waals surface area contributed by atoms with E-state index in [2.05, 4.69) is 25.9 Å². The average molecular weight is 373 g/mol. The normalized spacial score (nSPS) is 15.9. The van der Waals surface area contributed by atoms with Crippen molar-refractivity contribution in [1.82, 2.24) is 15.2 Å². The molecule has 2 heterocycles.